The fourth-order valence-corrected chi connectivity index (χ4v) is 0. The first-order chi connectivity index (χ1) is 8.60. The van der Waals surface area contributed by atoms with Gasteiger partial charge in [-0.2, -0.15) is 0 Å². The standard InChI is InChI=1S/C4H8O.C4H10.C3H8.3C2H6/c1-4(2)5-3;1-3-4-2;1-3-2;3*1-2/h1H2,2-3H3;3-4H2,1-2H3;3H2,1-2H3;3*1-2H3. The van der Waals surface area contributed by atoms with Gasteiger partial charge in [0.15, 0.2) is 0 Å². The van der Waals surface area contributed by atoms with Crippen molar-refractivity contribution in [2.24, 2.45) is 0 Å². The molecule has 0 amide bonds. The van der Waals surface area contributed by atoms with Crippen molar-refractivity contribution in [3.05, 3.63) is 12.3 Å². The Balaban J connectivity index is -0.0000000253. The van der Waals surface area contributed by atoms with Gasteiger partial charge in [-0.25, -0.2) is 0 Å². The molecule has 0 rings (SSSR count). The molecule has 0 fully saturated rings. The SMILES string of the molecule is C=C(C)OC.CC.CC.CC.CCC.CCCC. The number of methoxy groups -OCH3 is 1. The lowest BCUT2D eigenvalue weighted by atomic mass is 10.4. The number of rotatable bonds is 2. The van der Waals surface area contributed by atoms with E-state index in [-0.39, 0.29) is 0 Å². The summed E-state index contributed by atoms with van der Waals surface area (Å²) in [4.78, 5) is 0. The quantitative estimate of drug-likeness (QED) is 0.470. The van der Waals surface area contributed by atoms with Crippen molar-refractivity contribution < 1.29 is 4.74 Å². The topological polar surface area (TPSA) is 9.23 Å². The summed E-state index contributed by atoms with van der Waals surface area (Å²) in [6.45, 7) is 25.9. The minimum atomic E-state index is 0.755. The van der Waals surface area contributed by atoms with Gasteiger partial charge in [0, 0.05) is 0 Å². The van der Waals surface area contributed by atoms with Gasteiger partial charge in [0.05, 0.1) is 12.9 Å². The zero-order chi connectivity index (χ0) is 16.4. The zero-order valence-corrected chi connectivity index (χ0v) is 15.7. The van der Waals surface area contributed by atoms with Gasteiger partial charge in [-0.3, -0.25) is 0 Å². The van der Waals surface area contributed by atoms with Gasteiger partial charge >= 0.3 is 0 Å². The average molecular weight is 265 g/mol. The molecule has 1 heteroatoms. The molecule has 0 bridgehead atoms. The van der Waals surface area contributed by atoms with Crippen molar-refractivity contribution in [2.45, 2.75) is 95.4 Å². The zero-order valence-electron chi connectivity index (χ0n) is 15.7. The summed E-state index contributed by atoms with van der Waals surface area (Å²) in [5.41, 5.74) is 0. The highest BCUT2D eigenvalue weighted by Gasteiger charge is 1.65. The van der Waals surface area contributed by atoms with Crippen LogP contribution in [0.3, 0.4) is 0 Å². The summed E-state index contributed by atoms with van der Waals surface area (Å²) in [5.74, 6) is 0.755. The van der Waals surface area contributed by atoms with Crippen LogP contribution in [-0.4, -0.2) is 7.11 Å². The molecule has 0 aromatic carbocycles. The Morgan fingerprint density at radius 2 is 0.889 bits per heavy atom. The highest BCUT2D eigenvalue weighted by molar-refractivity contribution is 4.71. The van der Waals surface area contributed by atoms with E-state index in [2.05, 4.69) is 39.0 Å². The first kappa shape index (κ1) is 36.0. The molecule has 18 heavy (non-hydrogen) atoms. The minimum Gasteiger partial charge on any atom is -0.502 e. The number of hydrogen-bond acceptors (Lipinski definition) is 1. The second-order valence-electron chi connectivity index (χ2n) is 2.61. The summed E-state index contributed by atoms with van der Waals surface area (Å²) in [7, 11) is 1.60. The van der Waals surface area contributed by atoms with Gasteiger partial charge in [0.25, 0.3) is 0 Å². The Bertz CT molecular complexity index is 66.0. The van der Waals surface area contributed by atoms with Crippen molar-refractivity contribution in [3.8, 4) is 0 Å². The molecule has 118 valence electrons. The molecule has 0 radical (unpaired) electrons. The third kappa shape index (κ3) is 509. The Kier molecular flexibility index (Phi) is 187. The van der Waals surface area contributed by atoms with Gasteiger partial charge in [-0.1, -0.05) is 95.1 Å². The smallest absolute Gasteiger partial charge is 0.0853 e. The van der Waals surface area contributed by atoms with Gasteiger partial charge in [-0.15, -0.1) is 0 Å². The van der Waals surface area contributed by atoms with Crippen molar-refractivity contribution >= 4 is 0 Å². The van der Waals surface area contributed by atoms with E-state index in [4.69, 9.17) is 0 Å². The molecule has 0 aromatic rings. The summed E-state index contributed by atoms with van der Waals surface area (Å²) in [5, 5.41) is 0. The lowest BCUT2D eigenvalue weighted by Crippen LogP contribution is -1.70. The largest absolute Gasteiger partial charge is 0.502 e. The van der Waals surface area contributed by atoms with Crippen molar-refractivity contribution in [3.63, 3.8) is 0 Å². The maximum atomic E-state index is 4.56. The maximum Gasteiger partial charge on any atom is 0.0853 e. The summed E-state index contributed by atoms with van der Waals surface area (Å²) < 4.78 is 4.56. The van der Waals surface area contributed by atoms with Gasteiger partial charge in [0.1, 0.15) is 0 Å². The van der Waals surface area contributed by atoms with Crippen LogP contribution in [0.25, 0.3) is 0 Å². The maximum absolute atomic E-state index is 4.56. The van der Waals surface area contributed by atoms with Crippen molar-refractivity contribution in [1.82, 2.24) is 0 Å². The summed E-state index contributed by atoms with van der Waals surface area (Å²) in [6.07, 6.45) is 3.89. The van der Waals surface area contributed by atoms with Crippen LogP contribution in [0, 0.1) is 0 Å². The fourth-order valence-electron chi connectivity index (χ4n) is 0. The lowest BCUT2D eigenvalue weighted by molar-refractivity contribution is 0.295. The summed E-state index contributed by atoms with van der Waals surface area (Å²) >= 11 is 0. The van der Waals surface area contributed by atoms with E-state index < -0.39 is 0 Å². The second-order valence-corrected chi connectivity index (χ2v) is 2.61. The second kappa shape index (κ2) is 93.4. The molecule has 0 unspecified atom stereocenters. The van der Waals surface area contributed by atoms with Crippen molar-refractivity contribution in [2.75, 3.05) is 7.11 Å². The molecular weight excluding hydrogens is 220 g/mol. The van der Waals surface area contributed by atoms with Gasteiger partial charge in [0.2, 0.25) is 0 Å². The normalized spacial score (nSPS) is 5.56. The predicted molar refractivity (Wildman–Crippen MR) is 92.4 cm³/mol. The molecule has 0 spiro atoms. The highest BCUT2D eigenvalue weighted by atomic mass is 16.5. The minimum absolute atomic E-state index is 0.755. The third-order valence-corrected chi connectivity index (χ3v) is 0.848. The van der Waals surface area contributed by atoms with Crippen molar-refractivity contribution in [1.29, 1.82) is 0 Å². The van der Waals surface area contributed by atoms with Crippen LogP contribution in [0.4, 0.5) is 0 Å². The first-order valence-electron chi connectivity index (χ1n) is 7.79. The third-order valence-electron chi connectivity index (χ3n) is 0.848. The number of hydrogen-bond donors (Lipinski definition) is 0. The predicted octanol–water partition coefficient (Wildman–Crippen LogP) is 7.47. The Morgan fingerprint density at radius 1 is 0.778 bits per heavy atom. The summed E-state index contributed by atoms with van der Waals surface area (Å²) in [6, 6.07) is 0. The van der Waals surface area contributed by atoms with Gasteiger partial charge in [-0.05, 0) is 6.92 Å². The van der Waals surface area contributed by atoms with Crippen LogP contribution in [0.2, 0.25) is 0 Å². The first-order valence-corrected chi connectivity index (χ1v) is 7.79. The Hall–Kier alpha value is -0.460. The number of ether oxygens (including phenoxy) is 1. The molecular formula is C17H44O. The van der Waals surface area contributed by atoms with E-state index in [0.717, 1.165) is 5.76 Å². The molecule has 0 aliphatic rings. The van der Waals surface area contributed by atoms with Crippen LogP contribution in [0.5, 0.6) is 0 Å². The van der Waals surface area contributed by atoms with E-state index in [0.29, 0.717) is 0 Å². The molecule has 0 saturated carbocycles. The van der Waals surface area contributed by atoms with Crippen LogP contribution >= 0.6 is 0 Å². The fraction of sp³-hybridized carbons (Fsp3) is 0.882. The average Bonchev–Trinajstić information content (AvgIpc) is 2.46. The molecule has 1 nitrogen and oxygen atoms in total. The molecule has 0 aliphatic carbocycles. The monoisotopic (exact) mass is 264 g/mol. The van der Waals surface area contributed by atoms with Crippen LogP contribution in [0.1, 0.15) is 95.4 Å². The van der Waals surface area contributed by atoms with E-state index in [9.17, 15) is 0 Å². The Morgan fingerprint density at radius 3 is 0.889 bits per heavy atom. The number of unbranched alkanes of at least 4 members (excludes halogenated alkanes) is 1. The van der Waals surface area contributed by atoms with E-state index in [1.807, 2.05) is 41.5 Å². The van der Waals surface area contributed by atoms with E-state index >= 15 is 0 Å². The Labute approximate surface area is 120 Å². The molecule has 0 atom stereocenters. The molecule has 0 aromatic heterocycles. The van der Waals surface area contributed by atoms with Crippen LogP contribution < -0.4 is 0 Å². The van der Waals surface area contributed by atoms with Gasteiger partial charge < -0.3 is 4.74 Å². The molecule has 0 N–H and O–H groups in total. The molecule has 0 saturated heterocycles. The number of allylic oxidation sites excluding steroid dienone is 1. The van der Waals surface area contributed by atoms with E-state index in [1.165, 1.54) is 19.3 Å². The molecule has 0 aliphatic heterocycles. The van der Waals surface area contributed by atoms with Crippen LogP contribution in [0.15, 0.2) is 12.3 Å². The van der Waals surface area contributed by atoms with Crippen LogP contribution in [-0.2, 0) is 4.74 Å². The highest BCUT2D eigenvalue weighted by Crippen LogP contribution is 1.80. The lowest BCUT2D eigenvalue weighted by Gasteiger charge is -1.88. The molecule has 0 heterocycles. The van der Waals surface area contributed by atoms with E-state index in [1.54, 1.807) is 14.0 Å².